The van der Waals surface area contributed by atoms with Gasteiger partial charge in [-0.15, -0.1) is 0 Å². The summed E-state index contributed by atoms with van der Waals surface area (Å²) in [6.07, 6.45) is 0.227. The number of primary amides is 1. The Bertz CT molecular complexity index is 751. The number of aliphatic imine (C=N–C) groups is 1. The van der Waals surface area contributed by atoms with Crippen LogP contribution in [0.25, 0.3) is 0 Å². The molecule has 0 bridgehead atoms. The number of nitrogens with two attached hydrogens (primary N) is 4. The van der Waals surface area contributed by atoms with Gasteiger partial charge in [-0.3, -0.25) is 24.2 Å². The fourth-order valence-electron chi connectivity index (χ4n) is 2.87. The van der Waals surface area contributed by atoms with Crippen molar-refractivity contribution in [1.82, 2.24) is 16.0 Å². The molecule has 12 N–H and O–H groups in total. The average molecular weight is 487 g/mol. The number of rotatable bonds is 16. The highest BCUT2D eigenvalue weighted by Gasteiger charge is 2.30. The van der Waals surface area contributed by atoms with E-state index in [0.29, 0.717) is 0 Å². The average Bonchev–Trinajstić information content (AvgIpc) is 2.71. The Hall–Kier alpha value is -3.42. The van der Waals surface area contributed by atoms with Crippen molar-refractivity contribution < 1.29 is 29.1 Å². The van der Waals surface area contributed by atoms with Crippen LogP contribution in [0.15, 0.2) is 4.99 Å². The van der Waals surface area contributed by atoms with E-state index in [-0.39, 0.29) is 50.5 Å². The first kappa shape index (κ1) is 30.6. The minimum atomic E-state index is -1.21. The molecular weight excluding hydrogens is 448 g/mol. The van der Waals surface area contributed by atoms with E-state index in [4.69, 9.17) is 22.9 Å². The summed E-state index contributed by atoms with van der Waals surface area (Å²) in [6.45, 7) is 5.20. The number of carboxylic acid groups (broad SMARTS) is 1. The maximum Gasteiger partial charge on any atom is 0.326 e. The number of amides is 4. The third-order valence-corrected chi connectivity index (χ3v) is 4.63. The molecule has 0 aliphatic carbocycles. The van der Waals surface area contributed by atoms with E-state index in [1.165, 1.54) is 6.92 Å². The summed E-state index contributed by atoms with van der Waals surface area (Å²) in [7, 11) is 0. The van der Waals surface area contributed by atoms with Crippen LogP contribution < -0.4 is 38.9 Å². The van der Waals surface area contributed by atoms with Crippen molar-refractivity contribution in [1.29, 1.82) is 0 Å². The maximum absolute atomic E-state index is 12.9. The van der Waals surface area contributed by atoms with Crippen LogP contribution in [-0.2, 0) is 24.0 Å². The van der Waals surface area contributed by atoms with Gasteiger partial charge in [0.1, 0.15) is 18.1 Å². The second kappa shape index (κ2) is 15.4. The number of guanidine groups is 1. The zero-order valence-corrected chi connectivity index (χ0v) is 19.9. The Balaban J connectivity index is 5.59. The summed E-state index contributed by atoms with van der Waals surface area (Å²) in [5.74, 6) is -4.16. The number of aliphatic carboxylic acids is 1. The molecule has 0 radical (unpaired) electrons. The molecule has 0 aromatic heterocycles. The number of nitrogens with one attached hydrogen (secondary N) is 3. The Labute approximate surface area is 198 Å². The monoisotopic (exact) mass is 486 g/mol. The van der Waals surface area contributed by atoms with Crippen LogP contribution in [0.3, 0.4) is 0 Å². The molecule has 0 aliphatic rings. The van der Waals surface area contributed by atoms with Gasteiger partial charge in [0, 0.05) is 13.0 Å². The van der Waals surface area contributed by atoms with Crippen LogP contribution >= 0.6 is 0 Å². The van der Waals surface area contributed by atoms with E-state index in [2.05, 4.69) is 20.9 Å². The number of carbonyl (C=O) groups excluding carboxylic acids is 4. The van der Waals surface area contributed by atoms with Gasteiger partial charge in [-0.05, 0) is 38.5 Å². The van der Waals surface area contributed by atoms with Crippen molar-refractivity contribution in [2.45, 2.75) is 77.0 Å². The van der Waals surface area contributed by atoms with Crippen LogP contribution in [0.5, 0.6) is 0 Å². The van der Waals surface area contributed by atoms with Gasteiger partial charge < -0.3 is 44.0 Å². The fourth-order valence-corrected chi connectivity index (χ4v) is 2.87. The Morgan fingerprint density at radius 1 is 0.824 bits per heavy atom. The first-order chi connectivity index (χ1) is 15.7. The van der Waals surface area contributed by atoms with Crippen molar-refractivity contribution >= 4 is 35.6 Å². The molecule has 0 aromatic carbocycles. The summed E-state index contributed by atoms with van der Waals surface area (Å²) in [6, 6.07) is -4.42. The van der Waals surface area contributed by atoms with Gasteiger partial charge in [0.2, 0.25) is 23.6 Å². The van der Waals surface area contributed by atoms with Gasteiger partial charge in [-0.25, -0.2) is 4.79 Å². The molecule has 4 atom stereocenters. The highest BCUT2D eigenvalue weighted by Crippen LogP contribution is 2.08. The minimum Gasteiger partial charge on any atom is -0.480 e. The van der Waals surface area contributed by atoms with E-state index in [1.807, 2.05) is 0 Å². The van der Waals surface area contributed by atoms with Gasteiger partial charge in [-0.2, -0.15) is 0 Å². The molecule has 0 fully saturated rings. The minimum absolute atomic E-state index is 0.0112. The van der Waals surface area contributed by atoms with Gasteiger partial charge >= 0.3 is 5.97 Å². The molecular formula is C20H38N8O6. The van der Waals surface area contributed by atoms with Crippen LogP contribution in [0.1, 0.15) is 52.9 Å². The lowest BCUT2D eigenvalue weighted by Gasteiger charge is -2.25. The molecule has 0 aromatic rings. The quantitative estimate of drug-likeness (QED) is 0.0637. The first-order valence-corrected chi connectivity index (χ1v) is 11.0. The predicted octanol–water partition coefficient (Wildman–Crippen LogP) is -2.76. The number of nitrogens with zero attached hydrogens (tertiary/aromatic N) is 1. The number of carboxylic acids is 1. The van der Waals surface area contributed by atoms with Gasteiger partial charge in [0.05, 0.1) is 6.04 Å². The SMILES string of the molecule is CC(C)C[C@H](NC(=O)[C@H](CCCN=C(N)N)NC(=O)[C@H](CCC(N)=O)NC(=O)[C@H](C)N)C(=O)O. The molecule has 0 rings (SSSR count). The largest absolute Gasteiger partial charge is 0.480 e. The first-order valence-electron chi connectivity index (χ1n) is 11.0. The van der Waals surface area contributed by atoms with Crippen LogP contribution in [0.4, 0.5) is 0 Å². The van der Waals surface area contributed by atoms with Crippen molar-refractivity contribution in [3.05, 3.63) is 0 Å². The summed E-state index contributed by atoms with van der Waals surface area (Å²) in [5, 5.41) is 16.8. The highest BCUT2D eigenvalue weighted by molar-refractivity contribution is 5.94. The molecule has 0 saturated carbocycles. The Morgan fingerprint density at radius 2 is 1.32 bits per heavy atom. The molecule has 0 saturated heterocycles. The van der Waals surface area contributed by atoms with Crippen molar-refractivity contribution in [3.8, 4) is 0 Å². The van der Waals surface area contributed by atoms with E-state index in [1.54, 1.807) is 13.8 Å². The van der Waals surface area contributed by atoms with Crippen LogP contribution in [-0.4, -0.2) is 71.4 Å². The van der Waals surface area contributed by atoms with Crippen LogP contribution in [0, 0.1) is 5.92 Å². The molecule has 0 unspecified atom stereocenters. The Kier molecular flexibility index (Phi) is 13.9. The van der Waals surface area contributed by atoms with E-state index in [9.17, 15) is 29.1 Å². The maximum atomic E-state index is 12.9. The van der Waals surface area contributed by atoms with Gasteiger partial charge in [0.15, 0.2) is 5.96 Å². The smallest absolute Gasteiger partial charge is 0.326 e. The van der Waals surface area contributed by atoms with Crippen molar-refractivity contribution in [2.24, 2.45) is 33.8 Å². The summed E-state index contributed by atoms with van der Waals surface area (Å²) < 4.78 is 0. The van der Waals surface area contributed by atoms with Gasteiger partial charge in [0.25, 0.3) is 0 Å². The van der Waals surface area contributed by atoms with Crippen LogP contribution in [0.2, 0.25) is 0 Å². The molecule has 4 amide bonds. The molecule has 194 valence electrons. The molecule has 14 heteroatoms. The Morgan fingerprint density at radius 3 is 1.76 bits per heavy atom. The van der Waals surface area contributed by atoms with Crippen molar-refractivity contribution in [3.63, 3.8) is 0 Å². The van der Waals surface area contributed by atoms with E-state index < -0.39 is 53.8 Å². The zero-order valence-electron chi connectivity index (χ0n) is 19.9. The highest BCUT2D eigenvalue weighted by atomic mass is 16.4. The van der Waals surface area contributed by atoms with E-state index >= 15 is 0 Å². The summed E-state index contributed by atoms with van der Waals surface area (Å²) >= 11 is 0. The third kappa shape index (κ3) is 13.2. The second-order valence-electron chi connectivity index (χ2n) is 8.39. The second-order valence-corrected chi connectivity index (χ2v) is 8.39. The lowest BCUT2D eigenvalue weighted by atomic mass is 10.0. The third-order valence-electron chi connectivity index (χ3n) is 4.63. The normalized spacial score (nSPS) is 14.3. The molecule has 0 aliphatic heterocycles. The van der Waals surface area contributed by atoms with Gasteiger partial charge in [-0.1, -0.05) is 13.8 Å². The number of hydrogen-bond donors (Lipinski definition) is 8. The van der Waals surface area contributed by atoms with E-state index in [0.717, 1.165) is 0 Å². The molecule has 14 nitrogen and oxygen atoms in total. The number of carbonyl (C=O) groups is 5. The molecule has 34 heavy (non-hydrogen) atoms. The molecule has 0 heterocycles. The predicted molar refractivity (Wildman–Crippen MR) is 125 cm³/mol. The fraction of sp³-hybridized carbons (Fsp3) is 0.700. The standard InChI is InChI=1S/C20H38N8O6/c1-10(2)9-14(19(33)34)28-17(31)12(5-4-8-25-20(23)24)27-18(32)13(6-7-15(22)29)26-16(30)11(3)21/h10-14H,4-9,21H2,1-3H3,(H2,22,29)(H,26,30)(H,27,32)(H,28,31)(H,33,34)(H4,23,24,25)/t11-,12-,13-,14-/m0/s1. The topological polar surface area (TPSA) is 258 Å². The number of hydrogen-bond acceptors (Lipinski definition) is 7. The lowest BCUT2D eigenvalue weighted by Crippen LogP contribution is -2.57. The summed E-state index contributed by atoms with van der Waals surface area (Å²) in [5.41, 5.74) is 21.3. The zero-order chi connectivity index (χ0) is 26.4. The summed E-state index contributed by atoms with van der Waals surface area (Å²) in [4.78, 5) is 64.3. The molecule has 0 spiro atoms. The lowest BCUT2D eigenvalue weighted by molar-refractivity contribution is -0.142. The van der Waals surface area contributed by atoms with Crippen molar-refractivity contribution in [2.75, 3.05) is 6.54 Å².